The average molecular weight is 489 g/mol. The summed E-state index contributed by atoms with van der Waals surface area (Å²) in [6.45, 7) is 4.07. The van der Waals surface area contributed by atoms with Crippen LogP contribution >= 0.6 is 0 Å². The fraction of sp³-hybridized carbons (Fsp3) is 0.276. The molecule has 188 valence electrons. The maximum absolute atomic E-state index is 13.3. The third kappa shape index (κ3) is 7.98. The van der Waals surface area contributed by atoms with Gasteiger partial charge in [-0.1, -0.05) is 78.9 Å². The third-order valence-corrected chi connectivity index (χ3v) is 5.92. The summed E-state index contributed by atoms with van der Waals surface area (Å²) in [4.78, 5) is 38.4. The topological polar surface area (TPSA) is 93.7 Å². The molecule has 2 atom stereocenters. The Morgan fingerprint density at radius 3 is 1.94 bits per heavy atom. The fourth-order valence-electron chi connectivity index (χ4n) is 3.74. The van der Waals surface area contributed by atoms with Crippen molar-refractivity contribution in [3.63, 3.8) is 0 Å². The number of ether oxygens (including phenoxy) is 2. The van der Waals surface area contributed by atoms with Crippen molar-refractivity contribution in [2.24, 2.45) is 0 Å². The van der Waals surface area contributed by atoms with E-state index in [4.69, 9.17) is 9.47 Å². The summed E-state index contributed by atoms with van der Waals surface area (Å²) >= 11 is 0. The number of esters is 1. The summed E-state index contributed by atoms with van der Waals surface area (Å²) in [5.41, 5.74) is 4.80. The summed E-state index contributed by atoms with van der Waals surface area (Å²) < 4.78 is 10.3. The summed E-state index contributed by atoms with van der Waals surface area (Å²) in [6.07, 6.45) is -0.237. The third-order valence-electron chi connectivity index (χ3n) is 5.92. The maximum Gasteiger partial charge on any atom is 0.408 e. The lowest BCUT2D eigenvalue weighted by molar-refractivity contribution is -0.145. The van der Waals surface area contributed by atoms with E-state index in [-0.39, 0.29) is 19.4 Å². The summed E-state index contributed by atoms with van der Waals surface area (Å²) in [5.74, 6) is -1.07. The van der Waals surface area contributed by atoms with Gasteiger partial charge in [0.2, 0.25) is 5.91 Å². The smallest absolute Gasteiger partial charge is 0.408 e. The molecule has 7 heteroatoms. The van der Waals surface area contributed by atoms with Gasteiger partial charge in [0.25, 0.3) is 0 Å². The van der Waals surface area contributed by atoms with E-state index in [1.54, 1.807) is 0 Å². The van der Waals surface area contributed by atoms with Crippen molar-refractivity contribution in [3.8, 4) is 0 Å². The monoisotopic (exact) mass is 488 g/mol. The quantitative estimate of drug-likeness (QED) is 0.420. The molecule has 36 heavy (non-hydrogen) atoms. The van der Waals surface area contributed by atoms with Crippen molar-refractivity contribution < 1.29 is 23.9 Å². The molecule has 0 saturated heterocycles. The van der Waals surface area contributed by atoms with Crippen LogP contribution in [0.5, 0.6) is 0 Å². The van der Waals surface area contributed by atoms with Crippen LogP contribution in [0, 0.1) is 13.8 Å². The van der Waals surface area contributed by atoms with Gasteiger partial charge in [-0.05, 0) is 41.7 Å². The number of hydrogen-bond donors (Lipinski definition) is 2. The zero-order valence-electron chi connectivity index (χ0n) is 20.8. The van der Waals surface area contributed by atoms with Crippen LogP contribution in [0.25, 0.3) is 0 Å². The lowest BCUT2D eigenvalue weighted by atomic mass is 10.00. The van der Waals surface area contributed by atoms with Crippen LogP contribution in [0.2, 0.25) is 0 Å². The van der Waals surface area contributed by atoms with Gasteiger partial charge in [0.1, 0.15) is 18.7 Å². The van der Waals surface area contributed by atoms with Gasteiger partial charge in [0.05, 0.1) is 7.11 Å². The normalized spacial score (nSPS) is 12.2. The van der Waals surface area contributed by atoms with Gasteiger partial charge in [-0.2, -0.15) is 0 Å². The highest BCUT2D eigenvalue weighted by Gasteiger charge is 2.28. The predicted octanol–water partition coefficient (Wildman–Crippen LogP) is 4.04. The van der Waals surface area contributed by atoms with E-state index < -0.39 is 30.1 Å². The molecule has 0 spiro atoms. The number of methoxy groups -OCH3 is 1. The number of nitrogens with one attached hydrogen (secondary N) is 2. The van der Waals surface area contributed by atoms with Crippen molar-refractivity contribution in [3.05, 3.63) is 107 Å². The van der Waals surface area contributed by atoms with Crippen LogP contribution in [0.1, 0.15) is 27.8 Å². The van der Waals surface area contributed by atoms with Gasteiger partial charge >= 0.3 is 12.1 Å². The Balaban J connectivity index is 1.73. The fourth-order valence-corrected chi connectivity index (χ4v) is 3.74. The number of hydrogen-bond acceptors (Lipinski definition) is 5. The van der Waals surface area contributed by atoms with Gasteiger partial charge in [-0.25, -0.2) is 9.59 Å². The van der Waals surface area contributed by atoms with Gasteiger partial charge in [0, 0.05) is 12.8 Å². The molecule has 0 fully saturated rings. The Kier molecular flexibility index (Phi) is 9.63. The number of amides is 2. The van der Waals surface area contributed by atoms with Gasteiger partial charge < -0.3 is 20.1 Å². The maximum atomic E-state index is 13.3. The van der Waals surface area contributed by atoms with E-state index >= 15 is 0 Å². The molecule has 0 aliphatic carbocycles. The first kappa shape index (κ1) is 26.5. The zero-order valence-corrected chi connectivity index (χ0v) is 20.8. The van der Waals surface area contributed by atoms with Crippen molar-refractivity contribution >= 4 is 18.0 Å². The first-order valence-corrected chi connectivity index (χ1v) is 11.8. The van der Waals surface area contributed by atoms with Gasteiger partial charge in [-0.15, -0.1) is 0 Å². The average Bonchev–Trinajstić information content (AvgIpc) is 2.89. The molecule has 2 N–H and O–H groups in total. The molecule has 0 bridgehead atoms. The van der Waals surface area contributed by atoms with Crippen molar-refractivity contribution in [2.75, 3.05) is 7.11 Å². The summed E-state index contributed by atoms with van der Waals surface area (Å²) in [7, 11) is 1.28. The van der Waals surface area contributed by atoms with Gasteiger partial charge in [-0.3, -0.25) is 4.79 Å². The van der Waals surface area contributed by atoms with Crippen molar-refractivity contribution in [1.29, 1.82) is 0 Å². The summed E-state index contributed by atoms with van der Waals surface area (Å²) in [5, 5.41) is 5.42. The van der Waals surface area contributed by atoms with Crippen LogP contribution in [-0.4, -0.2) is 37.2 Å². The van der Waals surface area contributed by atoms with Crippen LogP contribution in [0.3, 0.4) is 0 Å². The van der Waals surface area contributed by atoms with Gasteiger partial charge in [0.15, 0.2) is 0 Å². The molecule has 3 aromatic carbocycles. The minimum atomic E-state index is -0.956. The van der Waals surface area contributed by atoms with Crippen molar-refractivity contribution in [1.82, 2.24) is 10.6 Å². The highest BCUT2D eigenvalue weighted by Crippen LogP contribution is 2.13. The standard InChI is InChI=1S/C29H32N2O5/c1-20-14-15-24(16-21(20)2)18-26(28(33)35-3)30-27(32)25(17-22-10-6-4-7-11-22)31-29(34)36-19-23-12-8-5-9-13-23/h4-16,25-26H,17-19H2,1-3H3,(H,30,32)(H,31,34)/t25-,26+/m1/s1. The lowest BCUT2D eigenvalue weighted by Gasteiger charge is -2.22. The second-order valence-electron chi connectivity index (χ2n) is 8.66. The highest BCUT2D eigenvalue weighted by molar-refractivity contribution is 5.90. The number of alkyl carbamates (subject to hydrolysis) is 1. The molecule has 0 aliphatic rings. The first-order valence-electron chi connectivity index (χ1n) is 11.8. The van der Waals surface area contributed by atoms with E-state index in [0.717, 1.165) is 27.8 Å². The Morgan fingerprint density at radius 1 is 0.722 bits per heavy atom. The first-order chi connectivity index (χ1) is 17.4. The second kappa shape index (κ2) is 13.1. The minimum Gasteiger partial charge on any atom is -0.467 e. The van der Waals surface area contributed by atoms with E-state index in [1.165, 1.54) is 7.11 Å². The molecule has 0 radical (unpaired) electrons. The highest BCUT2D eigenvalue weighted by atomic mass is 16.5. The van der Waals surface area contributed by atoms with E-state index in [2.05, 4.69) is 10.6 Å². The molecule has 0 unspecified atom stereocenters. The summed E-state index contributed by atoms with van der Waals surface area (Å²) in [6, 6.07) is 22.6. The molecule has 0 heterocycles. The van der Waals surface area contributed by atoms with Crippen LogP contribution in [0.4, 0.5) is 4.79 Å². The van der Waals surface area contributed by atoms with Crippen LogP contribution in [0.15, 0.2) is 78.9 Å². The van der Waals surface area contributed by atoms with E-state index in [9.17, 15) is 14.4 Å². The molecular weight excluding hydrogens is 456 g/mol. The predicted molar refractivity (Wildman–Crippen MR) is 137 cm³/mol. The number of carbonyl (C=O) groups is 3. The van der Waals surface area contributed by atoms with Crippen LogP contribution < -0.4 is 10.6 Å². The molecule has 0 aliphatic heterocycles. The SMILES string of the molecule is COC(=O)[C@H](Cc1ccc(C)c(C)c1)NC(=O)[C@@H](Cc1ccccc1)NC(=O)OCc1ccccc1. The number of aryl methyl sites for hydroxylation is 2. The number of carbonyl (C=O) groups excluding carboxylic acids is 3. The molecule has 7 nitrogen and oxygen atoms in total. The molecule has 0 saturated carbocycles. The van der Waals surface area contributed by atoms with E-state index in [0.29, 0.717) is 0 Å². The molecule has 3 aromatic rings. The molecular formula is C29H32N2O5. The molecule has 2 amide bonds. The zero-order chi connectivity index (χ0) is 25.9. The number of rotatable bonds is 10. The Hall–Kier alpha value is -4.13. The second-order valence-corrected chi connectivity index (χ2v) is 8.66. The Labute approximate surface area is 211 Å². The molecule has 3 rings (SSSR count). The molecule has 0 aromatic heterocycles. The Morgan fingerprint density at radius 2 is 1.33 bits per heavy atom. The van der Waals surface area contributed by atoms with Crippen molar-refractivity contribution in [2.45, 2.75) is 45.4 Å². The van der Waals surface area contributed by atoms with E-state index in [1.807, 2.05) is 92.7 Å². The number of benzene rings is 3. The van der Waals surface area contributed by atoms with Crippen LogP contribution in [-0.2, 0) is 38.5 Å². The lowest BCUT2D eigenvalue weighted by Crippen LogP contribution is -2.53. The Bertz CT molecular complexity index is 1160. The minimum absolute atomic E-state index is 0.0733. The largest absolute Gasteiger partial charge is 0.467 e.